The quantitative estimate of drug-likeness (QED) is 0.363. The summed E-state index contributed by atoms with van der Waals surface area (Å²) >= 11 is 0. The fourth-order valence-electron chi connectivity index (χ4n) is 4.58. The molecule has 38 heavy (non-hydrogen) atoms. The number of sulfonamides is 1. The van der Waals surface area contributed by atoms with Crippen LogP contribution in [-0.4, -0.2) is 35.0 Å². The Morgan fingerprint density at radius 2 is 1.66 bits per heavy atom. The molecule has 196 valence electrons. The maximum atomic E-state index is 14.4. The molecule has 4 aromatic rings. The average Bonchev–Trinajstić information content (AvgIpc) is 3.23. The summed E-state index contributed by atoms with van der Waals surface area (Å²) in [5, 5.41) is 4.58. The Balaban J connectivity index is 1.50. The van der Waals surface area contributed by atoms with Gasteiger partial charge in [0.1, 0.15) is 22.3 Å². The van der Waals surface area contributed by atoms with Gasteiger partial charge in [-0.1, -0.05) is 18.2 Å². The fourth-order valence-corrected chi connectivity index (χ4v) is 6.06. The van der Waals surface area contributed by atoms with Gasteiger partial charge in [0.15, 0.2) is 0 Å². The van der Waals surface area contributed by atoms with E-state index in [1.807, 2.05) is 0 Å². The third-order valence-corrected chi connectivity index (χ3v) is 8.37. The first-order valence-electron chi connectivity index (χ1n) is 11.8. The number of nitrogens with zero attached hydrogens (tertiary/aromatic N) is 4. The van der Waals surface area contributed by atoms with E-state index in [-0.39, 0.29) is 25.2 Å². The first-order valence-corrected chi connectivity index (χ1v) is 13.2. The van der Waals surface area contributed by atoms with Crippen LogP contribution in [0.25, 0.3) is 0 Å². The molecule has 0 bridgehead atoms. The van der Waals surface area contributed by atoms with Crippen molar-refractivity contribution in [1.29, 1.82) is 0 Å². The topological polar surface area (TPSA) is 75.5 Å². The highest BCUT2D eigenvalue weighted by Gasteiger charge is 2.34. The summed E-state index contributed by atoms with van der Waals surface area (Å²) in [6, 6.07) is 16.4. The molecule has 5 rings (SSSR count). The molecule has 0 unspecified atom stereocenters. The summed E-state index contributed by atoms with van der Waals surface area (Å²) in [5.41, 5.74) is 2.68. The summed E-state index contributed by atoms with van der Waals surface area (Å²) in [6.07, 6.45) is 0.298. The Morgan fingerprint density at radius 3 is 2.37 bits per heavy atom. The molecule has 0 spiro atoms. The van der Waals surface area contributed by atoms with Gasteiger partial charge >= 0.3 is 0 Å². The molecule has 3 aromatic carbocycles. The number of hydrogen-bond acceptors (Lipinski definition) is 4. The van der Waals surface area contributed by atoms with Gasteiger partial charge in [-0.15, -0.1) is 0 Å². The van der Waals surface area contributed by atoms with Crippen LogP contribution in [0.4, 0.5) is 18.9 Å². The van der Waals surface area contributed by atoms with Gasteiger partial charge in [-0.2, -0.15) is 9.40 Å². The lowest BCUT2D eigenvalue weighted by molar-refractivity contribution is 0.0984. The van der Waals surface area contributed by atoms with Crippen LogP contribution in [-0.2, 0) is 36.6 Å². The van der Waals surface area contributed by atoms with Crippen LogP contribution in [0.15, 0.2) is 77.7 Å². The minimum absolute atomic E-state index is 0.00557. The minimum Gasteiger partial charge on any atom is -0.302 e. The standard InChI is InChI=1S/C27H23F3N4O3S/c1-32-25-13-14-33(38(36,37)26-15-20(29)11-12-23(26)30)16-22(25)24(31-32)17-34(21-5-3-2-4-6-21)27(35)18-7-9-19(28)10-8-18/h2-12,15H,13-14,16-17H2,1H3. The van der Waals surface area contributed by atoms with Crippen molar-refractivity contribution in [2.45, 2.75) is 24.4 Å². The van der Waals surface area contributed by atoms with Gasteiger partial charge in [0.2, 0.25) is 10.0 Å². The highest BCUT2D eigenvalue weighted by atomic mass is 32.2. The van der Waals surface area contributed by atoms with E-state index in [9.17, 15) is 26.4 Å². The molecule has 1 aliphatic rings. The van der Waals surface area contributed by atoms with Gasteiger partial charge < -0.3 is 4.90 Å². The van der Waals surface area contributed by atoms with E-state index in [1.165, 1.54) is 29.2 Å². The monoisotopic (exact) mass is 540 g/mol. The van der Waals surface area contributed by atoms with E-state index in [0.717, 1.165) is 22.1 Å². The van der Waals surface area contributed by atoms with Crippen LogP contribution in [0.3, 0.4) is 0 Å². The lowest BCUT2D eigenvalue weighted by Gasteiger charge is -2.28. The summed E-state index contributed by atoms with van der Waals surface area (Å²) in [5.74, 6) is -2.76. The molecule has 7 nitrogen and oxygen atoms in total. The zero-order chi connectivity index (χ0) is 27.0. The maximum absolute atomic E-state index is 14.4. The predicted molar refractivity (Wildman–Crippen MR) is 134 cm³/mol. The van der Waals surface area contributed by atoms with Gasteiger partial charge in [0, 0.05) is 49.1 Å². The summed E-state index contributed by atoms with van der Waals surface area (Å²) < 4.78 is 70.9. The molecule has 1 aromatic heterocycles. The van der Waals surface area contributed by atoms with Gasteiger partial charge in [-0.25, -0.2) is 21.6 Å². The third kappa shape index (κ3) is 4.82. The van der Waals surface area contributed by atoms with Crippen LogP contribution in [0.2, 0.25) is 0 Å². The molecule has 11 heteroatoms. The molecule has 1 amide bonds. The number of carbonyl (C=O) groups is 1. The number of rotatable bonds is 6. The number of benzene rings is 3. The number of aryl methyl sites for hydroxylation is 1. The zero-order valence-corrected chi connectivity index (χ0v) is 21.1. The van der Waals surface area contributed by atoms with Crippen molar-refractivity contribution < 1.29 is 26.4 Å². The van der Waals surface area contributed by atoms with E-state index in [4.69, 9.17) is 0 Å². The number of para-hydroxylation sites is 1. The van der Waals surface area contributed by atoms with Crippen molar-refractivity contribution >= 4 is 21.6 Å². The Morgan fingerprint density at radius 1 is 0.974 bits per heavy atom. The van der Waals surface area contributed by atoms with Gasteiger partial charge in [0.05, 0.1) is 12.2 Å². The molecular formula is C27H23F3N4O3S. The number of fused-ring (bicyclic) bond motifs is 1. The predicted octanol–water partition coefficient (Wildman–Crippen LogP) is 4.43. The summed E-state index contributed by atoms with van der Waals surface area (Å²) in [6.45, 7) is -0.0586. The van der Waals surface area contributed by atoms with Crippen molar-refractivity contribution in [2.24, 2.45) is 7.05 Å². The van der Waals surface area contributed by atoms with E-state index in [2.05, 4.69) is 5.10 Å². The van der Waals surface area contributed by atoms with Crippen molar-refractivity contribution in [3.63, 3.8) is 0 Å². The second-order valence-electron chi connectivity index (χ2n) is 8.89. The second-order valence-corrected chi connectivity index (χ2v) is 10.8. The highest BCUT2D eigenvalue weighted by Crippen LogP contribution is 2.30. The normalized spacial score (nSPS) is 13.8. The SMILES string of the molecule is Cn1nc(CN(C(=O)c2ccc(F)cc2)c2ccccc2)c2c1CCN(S(=O)(=O)c1cc(F)ccc1F)C2. The molecule has 0 N–H and O–H groups in total. The number of anilines is 1. The number of halogens is 3. The van der Waals surface area contributed by atoms with Crippen LogP contribution in [0, 0.1) is 17.5 Å². The van der Waals surface area contributed by atoms with Crippen LogP contribution < -0.4 is 4.90 Å². The lowest BCUT2D eigenvalue weighted by atomic mass is 10.1. The highest BCUT2D eigenvalue weighted by molar-refractivity contribution is 7.89. The molecule has 2 heterocycles. The summed E-state index contributed by atoms with van der Waals surface area (Å²) in [7, 11) is -2.61. The Kier molecular flexibility index (Phi) is 6.80. The number of carbonyl (C=O) groups excluding carboxylic acids is 1. The number of hydrogen-bond donors (Lipinski definition) is 0. The van der Waals surface area contributed by atoms with E-state index < -0.39 is 38.3 Å². The Bertz CT molecular complexity index is 1610. The third-order valence-electron chi connectivity index (χ3n) is 6.51. The zero-order valence-electron chi connectivity index (χ0n) is 20.3. The minimum atomic E-state index is -4.34. The van der Waals surface area contributed by atoms with Crippen LogP contribution in [0.1, 0.15) is 27.3 Å². The van der Waals surface area contributed by atoms with Crippen molar-refractivity contribution in [2.75, 3.05) is 11.4 Å². The molecule has 0 saturated heterocycles. The van der Waals surface area contributed by atoms with E-state index in [0.29, 0.717) is 29.4 Å². The van der Waals surface area contributed by atoms with Gasteiger partial charge in [-0.3, -0.25) is 9.48 Å². The molecule has 1 aliphatic heterocycles. The average molecular weight is 541 g/mol. The van der Waals surface area contributed by atoms with Gasteiger partial charge in [0.25, 0.3) is 5.91 Å². The Labute approximate surface area is 217 Å². The second kappa shape index (κ2) is 10.1. The summed E-state index contributed by atoms with van der Waals surface area (Å²) in [4.78, 5) is 14.2. The Hall–Kier alpha value is -3.96. The van der Waals surface area contributed by atoms with Crippen molar-refractivity contribution in [3.8, 4) is 0 Å². The first-order chi connectivity index (χ1) is 18.1. The molecular weight excluding hydrogens is 517 g/mol. The first kappa shape index (κ1) is 25.7. The molecule has 0 atom stereocenters. The van der Waals surface area contributed by atoms with Crippen LogP contribution in [0.5, 0.6) is 0 Å². The molecule has 0 aliphatic carbocycles. The van der Waals surface area contributed by atoms with E-state index in [1.54, 1.807) is 42.1 Å². The van der Waals surface area contributed by atoms with E-state index >= 15 is 0 Å². The van der Waals surface area contributed by atoms with Crippen LogP contribution >= 0.6 is 0 Å². The smallest absolute Gasteiger partial charge is 0.258 e. The lowest BCUT2D eigenvalue weighted by Crippen LogP contribution is -2.37. The van der Waals surface area contributed by atoms with Gasteiger partial charge in [-0.05, 0) is 54.6 Å². The van der Waals surface area contributed by atoms with Crippen molar-refractivity contribution in [3.05, 3.63) is 113 Å². The fraction of sp³-hybridized carbons (Fsp3) is 0.185. The van der Waals surface area contributed by atoms with Crippen molar-refractivity contribution in [1.82, 2.24) is 14.1 Å². The largest absolute Gasteiger partial charge is 0.302 e. The molecule has 0 saturated carbocycles. The molecule has 0 radical (unpaired) electrons. The number of aromatic nitrogens is 2. The molecule has 0 fully saturated rings. The maximum Gasteiger partial charge on any atom is 0.258 e. The number of amides is 1.